The van der Waals surface area contributed by atoms with Crippen LogP contribution in [0, 0.1) is 10.1 Å². The van der Waals surface area contributed by atoms with Crippen LogP contribution in [0.25, 0.3) is 6.08 Å². The van der Waals surface area contributed by atoms with Gasteiger partial charge in [-0.25, -0.2) is 0 Å². The van der Waals surface area contributed by atoms with E-state index in [0.29, 0.717) is 16.8 Å². The topological polar surface area (TPSA) is 105 Å². The molecule has 0 aliphatic carbocycles. The Bertz CT molecular complexity index is 1010. The van der Waals surface area contributed by atoms with Crippen molar-refractivity contribution in [2.75, 3.05) is 18.4 Å². The van der Waals surface area contributed by atoms with E-state index in [9.17, 15) is 19.7 Å². The third-order valence-corrected chi connectivity index (χ3v) is 4.98. The number of nitrogens with one attached hydrogen (secondary N) is 2. The molecule has 2 amide bonds. The zero-order valence-corrected chi connectivity index (χ0v) is 17.6. The Morgan fingerprint density at radius 1 is 1.06 bits per heavy atom. The lowest BCUT2D eigenvalue weighted by Gasteiger charge is -2.26. The monoisotopic (exact) mass is 438 g/mol. The zero-order valence-electron chi connectivity index (χ0n) is 16.7. The summed E-state index contributed by atoms with van der Waals surface area (Å²) in [7, 11) is 0. The molecule has 0 saturated carbocycles. The number of thiocarbonyl (C=S) groups is 1. The van der Waals surface area contributed by atoms with E-state index in [1.165, 1.54) is 24.3 Å². The van der Waals surface area contributed by atoms with E-state index in [1.807, 2.05) is 4.90 Å². The number of likely N-dealkylation sites (tertiary alicyclic amines) is 1. The smallest absolute Gasteiger partial charge is 0.270 e. The maximum Gasteiger partial charge on any atom is 0.270 e. The maximum atomic E-state index is 12.5. The second-order valence-electron chi connectivity index (χ2n) is 7.06. The minimum absolute atomic E-state index is 0.0217. The molecule has 1 aliphatic heterocycles. The van der Waals surface area contributed by atoms with Gasteiger partial charge >= 0.3 is 0 Å². The molecule has 2 aromatic rings. The first-order valence-electron chi connectivity index (χ1n) is 9.86. The number of anilines is 1. The molecule has 1 aliphatic rings. The average molecular weight is 439 g/mol. The van der Waals surface area contributed by atoms with Gasteiger partial charge in [-0.05, 0) is 67.4 Å². The fourth-order valence-corrected chi connectivity index (χ4v) is 3.42. The number of amides is 2. The molecule has 8 nitrogen and oxygen atoms in total. The van der Waals surface area contributed by atoms with Crippen LogP contribution in [-0.4, -0.2) is 39.8 Å². The number of carbonyl (C=O) groups is 2. The van der Waals surface area contributed by atoms with E-state index in [4.69, 9.17) is 12.2 Å². The van der Waals surface area contributed by atoms with E-state index in [2.05, 4.69) is 10.6 Å². The predicted molar refractivity (Wildman–Crippen MR) is 123 cm³/mol. The van der Waals surface area contributed by atoms with Crippen LogP contribution < -0.4 is 10.6 Å². The summed E-state index contributed by atoms with van der Waals surface area (Å²) >= 11 is 5.14. The lowest BCUT2D eigenvalue weighted by atomic mass is 10.1. The summed E-state index contributed by atoms with van der Waals surface area (Å²) in [5, 5.41) is 16.3. The van der Waals surface area contributed by atoms with Crippen molar-refractivity contribution < 1.29 is 14.5 Å². The number of piperidine rings is 1. The Kier molecular flexibility index (Phi) is 7.45. The van der Waals surface area contributed by atoms with Crippen LogP contribution in [0.4, 0.5) is 11.4 Å². The molecular formula is C22H22N4O4S. The van der Waals surface area contributed by atoms with Gasteiger partial charge in [0.2, 0.25) is 5.91 Å². The van der Waals surface area contributed by atoms with Crippen LogP contribution in [0.15, 0.2) is 54.6 Å². The SMILES string of the molecule is O=C(/C=C/c1cccc([N+](=O)[O-])c1)NC(=S)Nc1ccc(C(=O)N2CCCCC2)cc1. The van der Waals surface area contributed by atoms with Crippen molar-refractivity contribution in [2.24, 2.45) is 0 Å². The molecule has 9 heteroatoms. The van der Waals surface area contributed by atoms with Gasteiger partial charge in [0.15, 0.2) is 5.11 Å². The summed E-state index contributed by atoms with van der Waals surface area (Å²) in [6.07, 6.45) is 5.94. The lowest BCUT2D eigenvalue weighted by molar-refractivity contribution is -0.384. The molecule has 1 saturated heterocycles. The summed E-state index contributed by atoms with van der Waals surface area (Å²) in [5.41, 5.74) is 1.73. The van der Waals surface area contributed by atoms with Crippen molar-refractivity contribution in [1.82, 2.24) is 10.2 Å². The summed E-state index contributed by atoms with van der Waals surface area (Å²) in [6, 6.07) is 12.9. The van der Waals surface area contributed by atoms with Gasteiger partial charge in [-0.15, -0.1) is 0 Å². The number of hydrogen-bond acceptors (Lipinski definition) is 5. The van der Waals surface area contributed by atoms with Gasteiger partial charge in [-0.3, -0.25) is 25.0 Å². The molecule has 0 aromatic heterocycles. The number of rotatable bonds is 5. The van der Waals surface area contributed by atoms with Crippen molar-refractivity contribution in [3.05, 3.63) is 75.8 Å². The normalized spacial score (nSPS) is 13.6. The van der Waals surface area contributed by atoms with E-state index in [1.54, 1.807) is 36.4 Å². The highest BCUT2D eigenvalue weighted by Gasteiger charge is 2.17. The van der Waals surface area contributed by atoms with Crippen molar-refractivity contribution >= 4 is 46.6 Å². The standard InChI is InChI=1S/C22H22N4O4S/c27-20(12-7-16-5-4-6-19(15-16)26(29)30)24-22(31)23-18-10-8-17(9-11-18)21(28)25-13-2-1-3-14-25/h4-12,15H,1-3,13-14H2,(H2,23,24,27,31)/b12-7+. The Morgan fingerprint density at radius 2 is 1.77 bits per heavy atom. The first-order valence-corrected chi connectivity index (χ1v) is 10.3. The Labute approximate surface area is 185 Å². The highest BCUT2D eigenvalue weighted by Crippen LogP contribution is 2.16. The van der Waals surface area contributed by atoms with Gasteiger partial charge in [0, 0.05) is 42.5 Å². The fourth-order valence-electron chi connectivity index (χ4n) is 3.21. The molecule has 160 valence electrons. The summed E-state index contributed by atoms with van der Waals surface area (Å²) in [4.78, 5) is 36.7. The molecule has 0 atom stereocenters. The summed E-state index contributed by atoms with van der Waals surface area (Å²) < 4.78 is 0. The maximum absolute atomic E-state index is 12.5. The number of carbonyl (C=O) groups excluding carboxylic acids is 2. The van der Waals surface area contributed by atoms with Crippen LogP contribution in [0.5, 0.6) is 0 Å². The van der Waals surface area contributed by atoms with Crippen molar-refractivity contribution in [1.29, 1.82) is 0 Å². The van der Waals surface area contributed by atoms with E-state index in [0.717, 1.165) is 32.4 Å². The number of non-ortho nitro benzene ring substituents is 1. The van der Waals surface area contributed by atoms with Gasteiger partial charge in [0.1, 0.15) is 0 Å². The molecule has 3 rings (SSSR count). The van der Waals surface area contributed by atoms with Crippen molar-refractivity contribution in [3.8, 4) is 0 Å². The van der Waals surface area contributed by atoms with Gasteiger partial charge < -0.3 is 10.2 Å². The molecule has 1 heterocycles. The minimum atomic E-state index is -0.498. The third kappa shape index (κ3) is 6.45. The number of benzene rings is 2. The number of nitro groups is 1. The first-order chi connectivity index (χ1) is 14.9. The lowest BCUT2D eigenvalue weighted by Crippen LogP contribution is -2.35. The quantitative estimate of drug-likeness (QED) is 0.319. The van der Waals surface area contributed by atoms with Crippen LogP contribution in [0.3, 0.4) is 0 Å². The molecular weight excluding hydrogens is 416 g/mol. The van der Waals surface area contributed by atoms with Gasteiger partial charge in [0.25, 0.3) is 11.6 Å². The molecule has 2 aromatic carbocycles. The second-order valence-corrected chi connectivity index (χ2v) is 7.47. The largest absolute Gasteiger partial charge is 0.339 e. The highest BCUT2D eigenvalue weighted by molar-refractivity contribution is 7.80. The van der Waals surface area contributed by atoms with E-state index in [-0.39, 0.29) is 16.7 Å². The highest BCUT2D eigenvalue weighted by atomic mass is 32.1. The molecule has 0 bridgehead atoms. The molecule has 0 unspecified atom stereocenters. The van der Waals surface area contributed by atoms with Crippen molar-refractivity contribution in [2.45, 2.75) is 19.3 Å². The first kappa shape index (κ1) is 22.1. The summed E-state index contributed by atoms with van der Waals surface area (Å²) in [5.74, 6) is -0.450. The molecule has 1 fully saturated rings. The molecule has 2 N–H and O–H groups in total. The molecule has 31 heavy (non-hydrogen) atoms. The van der Waals surface area contributed by atoms with E-state index < -0.39 is 10.8 Å². The minimum Gasteiger partial charge on any atom is -0.339 e. The number of nitro benzene ring substituents is 1. The fraction of sp³-hybridized carbons (Fsp3) is 0.227. The number of hydrogen-bond donors (Lipinski definition) is 2. The Morgan fingerprint density at radius 3 is 2.45 bits per heavy atom. The van der Waals surface area contributed by atoms with Crippen molar-refractivity contribution in [3.63, 3.8) is 0 Å². The van der Waals surface area contributed by atoms with Gasteiger partial charge in [0.05, 0.1) is 4.92 Å². The Balaban J connectivity index is 1.52. The van der Waals surface area contributed by atoms with Crippen LogP contribution in [0.2, 0.25) is 0 Å². The number of nitrogens with zero attached hydrogens (tertiary/aromatic N) is 2. The second kappa shape index (κ2) is 10.4. The average Bonchev–Trinajstić information content (AvgIpc) is 2.78. The van der Waals surface area contributed by atoms with Gasteiger partial charge in [-0.1, -0.05) is 12.1 Å². The molecule has 0 spiro atoms. The zero-order chi connectivity index (χ0) is 22.2. The van der Waals surface area contributed by atoms with Crippen LogP contribution in [0.1, 0.15) is 35.2 Å². The molecule has 0 radical (unpaired) electrons. The van der Waals surface area contributed by atoms with E-state index >= 15 is 0 Å². The summed E-state index contributed by atoms with van der Waals surface area (Å²) in [6.45, 7) is 1.58. The van der Waals surface area contributed by atoms with Crippen LogP contribution in [-0.2, 0) is 4.79 Å². The predicted octanol–water partition coefficient (Wildman–Crippen LogP) is 3.75. The third-order valence-electron chi connectivity index (χ3n) is 4.78. The Hall–Kier alpha value is -3.59. The van der Waals surface area contributed by atoms with Gasteiger partial charge in [-0.2, -0.15) is 0 Å². The van der Waals surface area contributed by atoms with Crippen LogP contribution >= 0.6 is 12.2 Å².